The van der Waals surface area contributed by atoms with E-state index in [-0.39, 0.29) is 35.0 Å². The molecule has 6 rings (SSSR count). The third kappa shape index (κ3) is 7.97. The maximum Gasteiger partial charge on any atom is 0.251 e. The summed E-state index contributed by atoms with van der Waals surface area (Å²) in [6, 6.07) is 24.5. The molecule has 0 aromatic heterocycles. The van der Waals surface area contributed by atoms with Crippen LogP contribution in [0.1, 0.15) is 66.9 Å². The molecular formula is C38H48N4O4. The van der Waals surface area contributed by atoms with Gasteiger partial charge in [-0.05, 0) is 98.2 Å². The lowest BCUT2D eigenvalue weighted by molar-refractivity contribution is -0.140. The summed E-state index contributed by atoms with van der Waals surface area (Å²) in [5.41, 5.74) is 8.79. The molecule has 8 heteroatoms. The summed E-state index contributed by atoms with van der Waals surface area (Å²) in [5, 5.41) is 6.23. The summed E-state index contributed by atoms with van der Waals surface area (Å²) in [6.07, 6.45) is 7.16. The van der Waals surface area contributed by atoms with E-state index >= 15 is 0 Å². The van der Waals surface area contributed by atoms with Crippen LogP contribution in [0.15, 0.2) is 84.9 Å². The van der Waals surface area contributed by atoms with Crippen molar-refractivity contribution >= 4 is 17.7 Å². The van der Waals surface area contributed by atoms with Crippen LogP contribution in [0.3, 0.4) is 0 Å². The van der Waals surface area contributed by atoms with Crippen molar-refractivity contribution in [1.29, 1.82) is 0 Å². The van der Waals surface area contributed by atoms with Crippen molar-refractivity contribution < 1.29 is 19.1 Å². The first-order valence-corrected chi connectivity index (χ1v) is 16.6. The molecule has 3 amide bonds. The number of benzene rings is 3. The van der Waals surface area contributed by atoms with Crippen LogP contribution in [0.25, 0.3) is 0 Å². The van der Waals surface area contributed by atoms with Crippen LogP contribution in [0.5, 0.6) is 5.75 Å². The first-order chi connectivity index (χ1) is 22.3. The zero-order chi connectivity index (χ0) is 32.6. The van der Waals surface area contributed by atoms with E-state index in [1.165, 1.54) is 4.90 Å². The highest BCUT2D eigenvalue weighted by Gasteiger charge is 2.48. The van der Waals surface area contributed by atoms with Gasteiger partial charge in [-0.25, -0.2) is 0 Å². The van der Waals surface area contributed by atoms with E-state index in [0.717, 1.165) is 61.9 Å². The van der Waals surface area contributed by atoms with Crippen molar-refractivity contribution in [2.75, 3.05) is 26.7 Å². The van der Waals surface area contributed by atoms with Crippen molar-refractivity contribution in [2.45, 2.75) is 70.4 Å². The Balaban J connectivity index is 1.36. The number of amides is 3. The Morgan fingerprint density at radius 2 is 1.37 bits per heavy atom. The molecule has 0 aliphatic heterocycles. The number of likely N-dealkylation sites (N-methyl/N-ethyl adjacent to an activating group) is 1. The SMILES string of the molecule is CCOc1ccc(C[C@@H](NC(=O)c2ccccc2)C(=O)N(C)[C@@H](Cc2ccccc2)C(=O)NCC23CCC(CN)(CC2)CC3)cc1. The molecule has 3 fully saturated rings. The first-order valence-electron chi connectivity index (χ1n) is 16.6. The van der Waals surface area contributed by atoms with Crippen molar-refractivity contribution in [1.82, 2.24) is 15.5 Å². The molecule has 2 atom stereocenters. The number of nitrogens with one attached hydrogen (secondary N) is 2. The molecule has 244 valence electrons. The molecule has 3 saturated carbocycles. The van der Waals surface area contributed by atoms with Crippen LogP contribution in [-0.4, -0.2) is 61.4 Å². The number of fused-ring (bicyclic) bond motifs is 3. The third-order valence-corrected chi connectivity index (χ3v) is 10.3. The second-order valence-corrected chi connectivity index (χ2v) is 13.2. The Morgan fingerprint density at radius 3 is 1.96 bits per heavy atom. The zero-order valence-electron chi connectivity index (χ0n) is 27.2. The molecule has 3 aromatic rings. The second-order valence-electron chi connectivity index (χ2n) is 13.2. The smallest absolute Gasteiger partial charge is 0.251 e. The molecule has 0 saturated heterocycles. The van der Waals surface area contributed by atoms with Gasteiger partial charge in [0.1, 0.15) is 17.8 Å². The van der Waals surface area contributed by atoms with Crippen molar-refractivity contribution in [2.24, 2.45) is 16.6 Å². The maximum atomic E-state index is 14.3. The van der Waals surface area contributed by atoms with Gasteiger partial charge in [-0.15, -0.1) is 0 Å². The van der Waals surface area contributed by atoms with Gasteiger partial charge >= 0.3 is 0 Å². The largest absolute Gasteiger partial charge is 0.494 e. The number of hydrogen-bond acceptors (Lipinski definition) is 5. The lowest BCUT2D eigenvalue weighted by Gasteiger charge is -2.53. The Labute approximate surface area is 273 Å². The van der Waals surface area contributed by atoms with Crippen molar-refractivity contribution in [3.05, 3.63) is 102 Å². The van der Waals surface area contributed by atoms with Gasteiger partial charge in [0, 0.05) is 32.0 Å². The molecule has 3 aliphatic carbocycles. The number of carbonyl (C=O) groups is 3. The van der Waals surface area contributed by atoms with E-state index in [2.05, 4.69) is 10.6 Å². The molecule has 0 radical (unpaired) electrons. The monoisotopic (exact) mass is 624 g/mol. The van der Waals surface area contributed by atoms with Crippen molar-refractivity contribution in [3.63, 3.8) is 0 Å². The van der Waals surface area contributed by atoms with Crippen molar-refractivity contribution in [3.8, 4) is 5.75 Å². The molecule has 8 nitrogen and oxygen atoms in total. The number of rotatable bonds is 14. The van der Waals surface area contributed by atoms with E-state index < -0.39 is 12.1 Å². The Bertz CT molecular complexity index is 1440. The summed E-state index contributed by atoms with van der Waals surface area (Å²) < 4.78 is 5.59. The molecule has 46 heavy (non-hydrogen) atoms. The number of nitrogens with two attached hydrogens (primary N) is 1. The highest BCUT2D eigenvalue weighted by Crippen LogP contribution is 2.56. The molecule has 3 aliphatic rings. The summed E-state index contributed by atoms with van der Waals surface area (Å²) in [5.74, 6) is -0.104. The Kier molecular flexibility index (Phi) is 10.8. The minimum Gasteiger partial charge on any atom is -0.494 e. The fraction of sp³-hybridized carbons (Fsp3) is 0.447. The van der Waals surface area contributed by atoms with Gasteiger partial charge in [0.15, 0.2) is 0 Å². The van der Waals surface area contributed by atoms with Gasteiger partial charge in [0.2, 0.25) is 11.8 Å². The van der Waals surface area contributed by atoms with E-state index in [9.17, 15) is 14.4 Å². The molecule has 0 heterocycles. The standard InChI is InChI=1S/C38H48N4O4/c1-3-46-31-16-14-29(15-17-31)24-32(41-34(43)30-12-8-5-9-13-30)36(45)42(2)33(25-28-10-6-4-7-11-28)35(44)40-27-38-21-18-37(26-39,19-22-38)20-23-38/h4-17,32-33H,3,18-27,39H2,1-2H3,(H,40,44)(H,41,43)/t32-,33+,37?,38?/m1/s1. The average molecular weight is 625 g/mol. The first kappa shape index (κ1) is 33.2. The van der Waals surface area contributed by atoms with Gasteiger partial charge in [0.05, 0.1) is 6.61 Å². The van der Waals surface area contributed by atoms with E-state index in [1.807, 2.05) is 67.6 Å². The minimum atomic E-state index is -0.888. The molecule has 3 aromatic carbocycles. The lowest BCUT2D eigenvalue weighted by atomic mass is 9.54. The number of ether oxygens (including phenoxy) is 1. The molecule has 0 unspecified atom stereocenters. The average Bonchev–Trinajstić information content (AvgIpc) is 3.11. The van der Waals surface area contributed by atoms with Crippen LogP contribution in [0.2, 0.25) is 0 Å². The Morgan fingerprint density at radius 1 is 0.804 bits per heavy atom. The van der Waals surface area contributed by atoms with Gasteiger partial charge in [-0.2, -0.15) is 0 Å². The van der Waals surface area contributed by atoms with Crippen LogP contribution in [-0.2, 0) is 22.4 Å². The fourth-order valence-electron chi connectivity index (χ4n) is 7.10. The zero-order valence-corrected chi connectivity index (χ0v) is 27.2. The lowest BCUT2D eigenvalue weighted by Crippen LogP contribution is -2.57. The molecule has 2 bridgehead atoms. The predicted octanol–water partition coefficient (Wildman–Crippen LogP) is 4.91. The summed E-state index contributed by atoms with van der Waals surface area (Å²) in [7, 11) is 1.67. The number of nitrogens with zero attached hydrogens (tertiary/aromatic N) is 1. The van der Waals surface area contributed by atoms with E-state index in [1.54, 1.807) is 31.3 Å². The fourth-order valence-corrected chi connectivity index (χ4v) is 7.10. The number of carbonyl (C=O) groups excluding carboxylic acids is 3. The van der Waals surface area contributed by atoms with E-state index in [0.29, 0.717) is 25.1 Å². The minimum absolute atomic E-state index is 0.0896. The van der Waals surface area contributed by atoms with E-state index in [4.69, 9.17) is 10.5 Å². The highest BCUT2D eigenvalue weighted by atomic mass is 16.5. The van der Waals surface area contributed by atoms with Gasteiger partial charge in [0.25, 0.3) is 5.91 Å². The quantitative estimate of drug-likeness (QED) is 0.236. The van der Waals surface area contributed by atoms with Crippen LogP contribution in [0.4, 0.5) is 0 Å². The normalized spacial score (nSPS) is 21.5. The third-order valence-electron chi connectivity index (χ3n) is 10.3. The maximum absolute atomic E-state index is 14.3. The van der Waals surface area contributed by atoms with Gasteiger partial charge < -0.3 is 26.0 Å². The summed E-state index contributed by atoms with van der Waals surface area (Å²) >= 11 is 0. The predicted molar refractivity (Wildman–Crippen MR) is 180 cm³/mol. The number of hydrogen-bond donors (Lipinski definition) is 3. The second kappa shape index (κ2) is 14.9. The highest BCUT2D eigenvalue weighted by molar-refractivity contribution is 5.98. The van der Waals surface area contributed by atoms with Gasteiger partial charge in [-0.1, -0.05) is 60.7 Å². The topological polar surface area (TPSA) is 114 Å². The van der Waals surface area contributed by atoms with Crippen LogP contribution >= 0.6 is 0 Å². The van der Waals surface area contributed by atoms with Crippen LogP contribution < -0.4 is 21.1 Å². The van der Waals surface area contributed by atoms with Gasteiger partial charge in [-0.3, -0.25) is 14.4 Å². The molecular weight excluding hydrogens is 576 g/mol. The summed E-state index contributed by atoms with van der Waals surface area (Å²) in [4.78, 5) is 43.2. The molecule has 0 spiro atoms. The summed E-state index contributed by atoms with van der Waals surface area (Å²) in [6.45, 7) is 3.81. The Hall–Kier alpha value is -4.17. The molecule has 4 N–H and O–H groups in total. The van der Waals surface area contributed by atoms with Crippen LogP contribution in [0, 0.1) is 10.8 Å².